The number of aryl methyl sites for hydroxylation is 1. The molecule has 1 aromatic carbocycles. The number of nitrogens with one attached hydrogen (secondary N) is 2. The van der Waals surface area contributed by atoms with E-state index in [0.29, 0.717) is 18.2 Å². The van der Waals surface area contributed by atoms with E-state index >= 15 is 0 Å². The summed E-state index contributed by atoms with van der Waals surface area (Å²) >= 11 is 0. The highest BCUT2D eigenvalue weighted by molar-refractivity contribution is 5.90. The standard InChI is InChI=1S/C12H17FN2O/c1-8(2)7-14-12(16)15-11-6-10(13)5-4-9(11)3/h4-6,8H,7H2,1-3H3,(H2,14,15,16). The van der Waals surface area contributed by atoms with E-state index in [2.05, 4.69) is 10.6 Å². The Morgan fingerprint density at radius 1 is 1.44 bits per heavy atom. The summed E-state index contributed by atoms with van der Waals surface area (Å²) in [6.45, 7) is 6.43. The average molecular weight is 224 g/mol. The molecule has 3 nitrogen and oxygen atoms in total. The van der Waals surface area contributed by atoms with Gasteiger partial charge in [0.1, 0.15) is 5.82 Å². The predicted molar refractivity (Wildman–Crippen MR) is 63.0 cm³/mol. The minimum absolute atomic E-state index is 0.303. The summed E-state index contributed by atoms with van der Waals surface area (Å²) in [7, 11) is 0. The molecule has 0 fully saturated rings. The number of rotatable bonds is 3. The number of urea groups is 1. The van der Waals surface area contributed by atoms with Crippen LogP contribution in [0.4, 0.5) is 14.9 Å². The predicted octanol–water partition coefficient (Wildman–Crippen LogP) is 2.91. The Bertz CT molecular complexity index is 377. The third-order valence-electron chi connectivity index (χ3n) is 2.12. The van der Waals surface area contributed by atoms with E-state index in [0.717, 1.165) is 5.56 Å². The molecule has 4 heteroatoms. The maximum atomic E-state index is 12.9. The fraction of sp³-hybridized carbons (Fsp3) is 0.417. The number of carbonyl (C=O) groups excluding carboxylic acids is 1. The second kappa shape index (κ2) is 5.49. The highest BCUT2D eigenvalue weighted by Crippen LogP contribution is 2.15. The number of carbonyl (C=O) groups is 1. The van der Waals surface area contributed by atoms with Crippen molar-refractivity contribution < 1.29 is 9.18 Å². The third-order valence-corrected chi connectivity index (χ3v) is 2.12. The molecule has 0 spiro atoms. The molecule has 0 radical (unpaired) electrons. The number of hydrogen-bond donors (Lipinski definition) is 2. The summed E-state index contributed by atoms with van der Waals surface area (Å²) in [4.78, 5) is 11.4. The van der Waals surface area contributed by atoms with Crippen LogP contribution in [0.3, 0.4) is 0 Å². The smallest absolute Gasteiger partial charge is 0.319 e. The van der Waals surface area contributed by atoms with Crippen molar-refractivity contribution in [3.05, 3.63) is 29.6 Å². The van der Waals surface area contributed by atoms with Crippen molar-refractivity contribution in [2.24, 2.45) is 5.92 Å². The number of benzene rings is 1. The van der Waals surface area contributed by atoms with Crippen molar-refractivity contribution in [1.82, 2.24) is 5.32 Å². The molecule has 0 heterocycles. The number of halogens is 1. The molecule has 0 aliphatic heterocycles. The van der Waals surface area contributed by atoms with Crippen molar-refractivity contribution >= 4 is 11.7 Å². The van der Waals surface area contributed by atoms with Gasteiger partial charge in [-0.2, -0.15) is 0 Å². The van der Waals surface area contributed by atoms with Gasteiger partial charge in [0.2, 0.25) is 0 Å². The molecule has 0 saturated heterocycles. The average Bonchev–Trinajstić information content (AvgIpc) is 2.20. The molecule has 0 aromatic heterocycles. The minimum atomic E-state index is -0.357. The molecule has 2 amide bonds. The van der Waals surface area contributed by atoms with Gasteiger partial charge in [0, 0.05) is 12.2 Å². The molecular weight excluding hydrogens is 207 g/mol. The lowest BCUT2D eigenvalue weighted by molar-refractivity contribution is 0.251. The van der Waals surface area contributed by atoms with Gasteiger partial charge in [-0.25, -0.2) is 9.18 Å². The van der Waals surface area contributed by atoms with E-state index in [-0.39, 0.29) is 11.8 Å². The lowest BCUT2D eigenvalue weighted by Gasteiger charge is -2.11. The van der Waals surface area contributed by atoms with Crippen LogP contribution in [0.15, 0.2) is 18.2 Å². The molecule has 88 valence electrons. The zero-order valence-corrected chi connectivity index (χ0v) is 9.80. The maximum Gasteiger partial charge on any atom is 0.319 e. The summed E-state index contributed by atoms with van der Waals surface area (Å²) in [6.07, 6.45) is 0. The van der Waals surface area contributed by atoms with Crippen molar-refractivity contribution in [3.8, 4) is 0 Å². The Kier molecular flexibility index (Phi) is 4.28. The second-order valence-corrected chi connectivity index (χ2v) is 4.19. The van der Waals surface area contributed by atoms with E-state index < -0.39 is 0 Å². The normalized spacial score (nSPS) is 10.3. The monoisotopic (exact) mass is 224 g/mol. The van der Waals surface area contributed by atoms with Crippen LogP contribution >= 0.6 is 0 Å². The van der Waals surface area contributed by atoms with Crippen LogP contribution in [0.2, 0.25) is 0 Å². The van der Waals surface area contributed by atoms with E-state index in [9.17, 15) is 9.18 Å². The first kappa shape index (κ1) is 12.5. The first-order chi connectivity index (χ1) is 7.49. The molecular formula is C12H17FN2O. The highest BCUT2D eigenvalue weighted by atomic mass is 19.1. The van der Waals surface area contributed by atoms with Crippen LogP contribution in [0, 0.1) is 18.7 Å². The number of hydrogen-bond acceptors (Lipinski definition) is 1. The third kappa shape index (κ3) is 3.88. The van der Waals surface area contributed by atoms with Gasteiger partial charge < -0.3 is 10.6 Å². The molecule has 0 atom stereocenters. The second-order valence-electron chi connectivity index (χ2n) is 4.19. The quantitative estimate of drug-likeness (QED) is 0.814. The zero-order valence-electron chi connectivity index (χ0n) is 9.80. The van der Waals surface area contributed by atoms with E-state index in [1.165, 1.54) is 12.1 Å². The molecule has 16 heavy (non-hydrogen) atoms. The summed E-state index contributed by atoms with van der Waals surface area (Å²) in [5, 5.41) is 5.32. The minimum Gasteiger partial charge on any atom is -0.338 e. The fourth-order valence-corrected chi connectivity index (χ4v) is 1.19. The van der Waals surface area contributed by atoms with Crippen LogP contribution in [0.1, 0.15) is 19.4 Å². The molecule has 0 unspecified atom stereocenters. The Labute approximate surface area is 95.0 Å². The first-order valence-electron chi connectivity index (χ1n) is 5.30. The van der Waals surface area contributed by atoms with Crippen molar-refractivity contribution in [2.45, 2.75) is 20.8 Å². The molecule has 0 aliphatic carbocycles. The Balaban J connectivity index is 2.59. The Hall–Kier alpha value is -1.58. The summed E-state index contributed by atoms with van der Waals surface area (Å²) in [5.74, 6) is 0.0316. The van der Waals surface area contributed by atoms with Crippen LogP contribution in [-0.2, 0) is 0 Å². The lowest BCUT2D eigenvalue weighted by Crippen LogP contribution is -2.31. The van der Waals surface area contributed by atoms with Crippen LogP contribution in [0.25, 0.3) is 0 Å². The Morgan fingerprint density at radius 3 is 2.75 bits per heavy atom. The number of anilines is 1. The molecule has 0 saturated carbocycles. The molecule has 1 aromatic rings. The van der Waals surface area contributed by atoms with Gasteiger partial charge in [-0.15, -0.1) is 0 Å². The fourth-order valence-electron chi connectivity index (χ4n) is 1.19. The van der Waals surface area contributed by atoms with E-state index in [1.807, 2.05) is 20.8 Å². The van der Waals surface area contributed by atoms with Gasteiger partial charge in [-0.3, -0.25) is 0 Å². The molecule has 2 N–H and O–H groups in total. The first-order valence-corrected chi connectivity index (χ1v) is 5.30. The molecule has 1 rings (SSSR count). The summed E-state index contributed by atoms with van der Waals surface area (Å²) in [6, 6.07) is 4.01. The van der Waals surface area contributed by atoms with Crippen LogP contribution in [-0.4, -0.2) is 12.6 Å². The maximum absolute atomic E-state index is 12.9. The van der Waals surface area contributed by atoms with Crippen LogP contribution < -0.4 is 10.6 Å². The van der Waals surface area contributed by atoms with Gasteiger partial charge in [0.05, 0.1) is 0 Å². The summed E-state index contributed by atoms with van der Waals surface area (Å²) in [5.41, 5.74) is 1.34. The lowest BCUT2D eigenvalue weighted by atomic mass is 10.2. The number of amides is 2. The zero-order chi connectivity index (χ0) is 12.1. The van der Waals surface area contributed by atoms with Crippen molar-refractivity contribution in [1.29, 1.82) is 0 Å². The van der Waals surface area contributed by atoms with Gasteiger partial charge in [0.25, 0.3) is 0 Å². The largest absolute Gasteiger partial charge is 0.338 e. The van der Waals surface area contributed by atoms with Gasteiger partial charge >= 0.3 is 6.03 Å². The Morgan fingerprint density at radius 2 is 2.12 bits per heavy atom. The highest BCUT2D eigenvalue weighted by Gasteiger charge is 2.05. The van der Waals surface area contributed by atoms with Gasteiger partial charge in [0.15, 0.2) is 0 Å². The van der Waals surface area contributed by atoms with Gasteiger partial charge in [-0.05, 0) is 30.5 Å². The van der Waals surface area contributed by atoms with Crippen molar-refractivity contribution in [2.75, 3.05) is 11.9 Å². The molecule has 0 aliphatic rings. The SMILES string of the molecule is Cc1ccc(F)cc1NC(=O)NCC(C)C. The van der Waals surface area contributed by atoms with E-state index in [4.69, 9.17) is 0 Å². The van der Waals surface area contributed by atoms with Gasteiger partial charge in [-0.1, -0.05) is 19.9 Å². The van der Waals surface area contributed by atoms with Crippen LogP contribution in [0.5, 0.6) is 0 Å². The molecule has 0 bridgehead atoms. The summed E-state index contributed by atoms with van der Waals surface area (Å²) < 4.78 is 12.9. The van der Waals surface area contributed by atoms with Crippen molar-refractivity contribution in [3.63, 3.8) is 0 Å². The van der Waals surface area contributed by atoms with E-state index in [1.54, 1.807) is 6.07 Å². The topological polar surface area (TPSA) is 41.1 Å².